The number of hydrogen-bond acceptors (Lipinski definition) is 2. The summed E-state index contributed by atoms with van der Waals surface area (Å²) in [7, 11) is 0. The molecule has 0 fully saturated rings. The van der Waals surface area contributed by atoms with Crippen LogP contribution in [0, 0.1) is 0 Å². The normalized spacial score (nSPS) is 12.3. The van der Waals surface area contributed by atoms with E-state index in [1.54, 1.807) is 0 Å². The molecule has 0 aromatic heterocycles. The average Bonchev–Trinajstić information content (AvgIpc) is 2.44. The SMILES string of the molecule is CCCNCCNC(=O)c1cc(C(F)(F)F)cc(C(F)(F)F)c1. The fourth-order valence-corrected chi connectivity index (χ4v) is 1.75. The molecule has 0 unspecified atom stereocenters. The molecule has 3 nitrogen and oxygen atoms in total. The molecule has 0 bridgehead atoms. The number of carbonyl (C=O) groups is 1. The van der Waals surface area contributed by atoms with Crippen LogP contribution < -0.4 is 10.6 Å². The second-order valence-corrected chi connectivity index (χ2v) is 4.80. The molecule has 0 aliphatic rings. The van der Waals surface area contributed by atoms with E-state index in [1.165, 1.54) is 0 Å². The number of rotatable bonds is 6. The topological polar surface area (TPSA) is 41.1 Å². The van der Waals surface area contributed by atoms with Crippen molar-refractivity contribution in [1.29, 1.82) is 0 Å². The summed E-state index contributed by atoms with van der Waals surface area (Å²) >= 11 is 0. The third kappa shape index (κ3) is 6.09. The first kappa shape index (κ1) is 19.3. The molecule has 0 atom stereocenters. The number of amides is 1. The quantitative estimate of drug-likeness (QED) is 0.614. The van der Waals surface area contributed by atoms with Crippen LogP contribution in [0.3, 0.4) is 0 Å². The van der Waals surface area contributed by atoms with Gasteiger partial charge >= 0.3 is 12.4 Å². The van der Waals surface area contributed by atoms with E-state index in [2.05, 4.69) is 10.6 Å². The van der Waals surface area contributed by atoms with Crippen molar-refractivity contribution >= 4 is 5.91 Å². The molecule has 130 valence electrons. The van der Waals surface area contributed by atoms with Crippen LogP contribution in [0.1, 0.15) is 34.8 Å². The number of carbonyl (C=O) groups excluding carboxylic acids is 1. The van der Waals surface area contributed by atoms with Gasteiger partial charge in [0.2, 0.25) is 0 Å². The second-order valence-electron chi connectivity index (χ2n) is 4.80. The van der Waals surface area contributed by atoms with Crippen LogP contribution in [0.25, 0.3) is 0 Å². The van der Waals surface area contributed by atoms with Crippen molar-refractivity contribution in [2.75, 3.05) is 19.6 Å². The Morgan fingerprint density at radius 1 is 0.913 bits per heavy atom. The van der Waals surface area contributed by atoms with E-state index in [4.69, 9.17) is 0 Å². The first-order chi connectivity index (χ1) is 10.6. The minimum atomic E-state index is -4.97. The van der Waals surface area contributed by atoms with E-state index in [1.807, 2.05) is 6.92 Å². The Kier molecular flexibility index (Phi) is 6.43. The van der Waals surface area contributed by atoms with Gasteiger partial charge < -0.3 is 10.6 Å². The van der Waals surface area contributed by atoms with E-state index in [-0.39, 0.29) is 12.6 Å². The van der Waals surface area contributed by atoms with Crippen LogP contribution in [0.2, 0.25) is 0 Å². The van der Waals surface area contributed by atoms with E-state index >= 15 is 0 Å². The number of alkyl halides is 6. The molecular weight excluding hydrogens is 326 g/mol. The summed E-state index contributed by atoms with van der Waals surface area (Å²) in [6.45, 7) is 3.08. The average molecular weight is 342 g/mol. The second kappa shape index (κ2) is 7.67. The fourth-order valence-electron chi connectivity index (χ4n) is 1.75. The molecule has 0 aliphatic heterocycles. The molecule has 1 rings (SSSR count). The highest BCUT2D eigenvalue weighted by Crippen LogP contribution is 2.36. The van der Waals surface area contributed by atoms with Crippen molar-refractivity contribution in [1.82, 2.24) is 10.6 Å². The molecule has 2 N–H and O–H groups in total. The van der Waals surface area contributed by atoms with Gasteiger partial charge in [-0.3, -0.25) is 4.79 Å². The highest BCUT2D eigenvalue weighted by molar-refractivity contribution is 5.94. The van der Waals surface area contributed by atoms with Gasteiger partial charge in [-0.15, -0.1) is 0 Å². The Bertz CT molecular complexity index is 507. The van der Waals surface area contributed by atoms with Crippen molar-refractivity contribution < 1.29 is 31.1 Å². The zero-order chi connectivity index (χ0) is 17.7. The molecule has 0 aliphatic carbocycles. The first-order valence-electron chi connectivity index (χ1n) is 6.84. The molecule has 9 heteroatoms. The molecule has 0 radical (unpaired) electrons. The van der Waals surface area contributed by atoms with Crippen molar-refractivity contribution in [3.05, 3.63) is 34.9 Å². The maximum atomic E-state index is 12.7. The lowest BCUT2D eigenvalue weighted by molar-refractivity contribution is -0.143. The maximum Gasteiger partial charge on any atom is 0.416 e. The Balaban J connectivity index is 2.94. The number of benzene rings is 1. The zero-order valence-corrected chi connectivity index (χ0v) is 12.2. The Morgan fingerprint density at radius 3 is 1.87 bits per heavy atom. The van der Waals surface area contributed by atoms with Gasteiger partial charge in [0.05, 0.1) is 11.1 Å². The smallest absolute Gasteiger partial charge is 0.351 e. The zero-order valence-electron chi connectivity index (χ0n) is 12.2. The summed E-state index contributed by atoms with van der Waals surface area (Å²) in [5.41, 5.74) is -3.70. The van der Waals surface area contributed by atoms with Gasteiger partial charge in [-0.25, -0.2) is 0 Å². The molecular formula is C14H16F6N2O. The molecule has 1 aromatic rings. The Labute approximate surface area is 129 Å². The van der Waals surface area contributed by atoms with Crippen LogP contribution in [-0.4, -0.2) is 25.5 Å². The minimum Gasteiger partial charge on any atom is -0.351 e. The third-order valence-electron chi connectivity index (χ3n) is 2.86. The van der Waals surface area contributed by atoms with Crippen LogP contribution in [-0.2, 0) is 12.4 Å². The Morgan fingerprint density at radius 2 is 1.43 bits per heavy atom. The summed E-state index contributed by atoms with van der Waals surface area (Å²) in [5, 5.41) is 5.22. The van der Waals surface area contributed by atoms with Gasteiger partial charge in [0, 0.05) is 18.7 Å². The van der Waals surface area contributed by atoms with Gasteiger partial charge in [0.1, 0.15) is 0 Å². The van der Waals surface area contributed by atoms with Crippen molar-refractivity contribution in [3.8, 4) is 0 Å². The van der Waals surface area contributed by atoms with Gasteiger partial charge in [0.25, 0.3) is 5.91 Å². The summed E-state index contributed by atoms with van der Waals surface area (Å²) in [5.74, 6) is -0.986. The van der Waals surface area contributed by atoms with Crippen molar-refractivity contribution in [2.45, 2.75) is 25.7 Å². The summed E-state index contributed by atoms with van der Waals surface area (Å²) in [4.78, 5) is 11.8. The standard InChI is InChI=1S/C14H16F6N2O/c1-2-3-21-4-5-22-12(23)9-6-10(13(15,16)17)8-11(7-9)14(18,19)20/h6-8,21H,2-5H2,1H3,(H,22,23). The largest absolute Gasteiger partial charge is 0.416 e. The number of nitrogens with one attached hydrogen (secondary N) is 2. The monoisotopic (exact) mass is 342 g/mol. The predicted octanol–water partition coefficient (Wildman–Crippen LogP) is 3.45. The van der Waals surface area contributed by atoms with Crippen LogP contribution in [0.15, 0.2) is 18.2 Å². The van der Waals surface area contributed by atoms with Gasteiger partial charge in [-0.2, -0.15) is 26.3 Å². The van der Waals surface area contributed by atoms with Crippen molar-refractivity contribution in [3.63, 3.8) is 0 Å². The van der Waals surface area contributed by atoms with E-state index in [0.29, 0.717) is 25.2 Å². The molecule has 0 heterocycles. The highest BCUT2D eigenvalue weighted by Gasteiger charge is 2.37. The molecule has 1 aromatic carbocycles. The third-order valence-corrected chi connectivity index (χ3v) is 2.86. The Hall–Kier alpha value is -1.77. The fraction of sp³-hybridized carbons (Fsp3) is 0.500. The van der Waals surface area contributed by atoms with Gasteiger partial charge in [-0.1, -0.05) is 6.92 Å². The molecule has 0 saturated heterocycles. The summed E-state index contributed by atoms with van der Waals surface area (Å²) in [6.07, 6.45) is -9.09. The van der Waals surface area contributed by atoms with Crippen molar-refractivity contribution in [2.24, 2.45) is 0 Å². The predicted molar refractivity (Wildman–Crippen MR) is 71.9 cm³/mol. The molecule has 1 amide bonds. The molecule has 0 saturated carbocycles. The highest BCUT2D eigenvalue weighted by atomic mass is 19.4. The van der Waals surface area contributed by atoms with E-state index in [0.717, 1.165) is 6.42 Å². The van der Waals surface area contributed by atoms with Crippen LogP contribution in [0.4, 0.5) is 26.3 Å². The van der Waals surface area contributed by atoms with E-state index < -0.39 is 35.0 Å². The maximum absolute atomic E-state index is 12.7. The summed E-state index contributed by atoms with van der Waals surface area (Å²) < 4.78 is 76.1. The lowest BCUT2D eigenvalue weighted by atomic mass is 10.0. The van der Waals surface area contributed by atoms with Crippen LogP contribution >= 0.6 is 0 Å². The van der Waals surface area contributed by atoms with Gasteiger partial charge in [0.15, 0.2) is 0 Å². The molecule has 0 spiro atoms. The number of halogens is 6. The first-order valence-corrected chi connectivity index (χ1v) is 6.84. The minimum absolute atomic E-state index is 0.0143. The van der Waals surface area contributed by atoms with E-state index in [9.17, 15) is 31.1 Å². The van der Waals surface area contributed by atoms with Gasteiger partial charge in [-0.05, 0) is 31.2 Å². The lowest BCUT2D eigenvalue weighted by Crippen LogP contribution is -2.32. The molecule has 23 heavy (non-hydrogen) atoms. The number of hydrogen-bond donors (Lipinski definition) is 2. The lowest BCUT2D eigenvalue weighted by Gasteiger charge is -2.14. The van der Waals surface area contributed by atoms with Crippen LogP contribution in [0.5, 0.6) is 0 Å². The summed E-state index contributed by atoms with van der Waals surface area (Å²) in [6, 6.07) is 0.799.